The van der Waals surface area contributed by atoms with Gasteiger partial charge in [-0.3, -0.25) is 19.8 Å². The number of carboxylic acids is 1. The minimum atomic E-state index is -0.856. The second-order valence-electron chi connectivity index (χ2n) is 6.59. The third-order valence-electron chi connectivity index (χ3n) is 4.70. The normalized spacial score (nSPS) is 18.9. The van der Waals surface area contributed by atoms with Crippen LogP contribution in [0, 0.1) is 24.0 Å². The molecule has 1 saturated carbocycles. The molecule has 9 heteroatoms. The van der Waals surface area contributed by atoms with E-state index in [1.807, 2.05) is 11.8 Å². The number of nitro groups is 1. The van der Waals surface area contributed by atoms with Crippen LogP contribution in [0.1, 0.15) is 30.9 Å². The molecule has 0 radical (unpaired) electrons. The number of rotatable bonds is 7. The Hall–Kier alpha value is -2.68. The third kappa shape index (κ3) is 4.69. The molecule has 0 bridgehead atoms. The zero-order valence-electron chi connectivity index (χ0n) is 15.1. The van der Waals surface area contributed by atoms with Gasteiger partial charge in [-0.05, 0) is 44.9 Å². The number of nitro benzene ring substituents is 1. The fraction of sp³-hybridized carbons (Fsp3) is 0.529. The Morgan fingerprint density at radius 1 is 1.31 bits per heavy atom. The fourth-order valence-electron chi connectivity index (χ4n) is 3.15. The number of urea groups is 1. The Labute approximate surface area is 151 Å². The molecule has 0 aliphatic heterocycles. The minimum absolute atomic E-state index is 0.00134. The van der Waals surface area contributed by atoms with Gasteiger partial charge in [-0.15, -0.1) is 0 Å². The van der Waals surface area contributed by atoms with Crippen molar-refractivity contribution in [1.29, 1.82) is 0 Å². The Kier molecular flexibility index (Phi) is 6.14. The van der Waals surface area contributed by atoms with E-state index in [9.17, 15) is 19.7 Å². The number of carbonyl (C=O) groups is 2. The summed E-state index contributed by atoms with van der Waals surface area (Å²) >= 11 is 0. The Morgan fingerprint density at radius 2 is 1.96 bits per heavy atom. The van der Waals surface area contributed by atoms with Crippen LogP contribution in [-0.4, -0.2) is 52.1 Å². The lowest BCUT2D eigenvalue weighted by molar-refractivity contribution is -0.385. The van der Waals surface area contributed by atoms with Crippen LogP contribution in [0.4, 0.5) is 16.2 Å². The summed E-state index contributed by atoms with van der Waals surface area (Å²) < 4.78 is 0. The quantitative estimate of drug-likeness (QED) is 0.503. The van der Waals surface area contributed by atoms with Gasteiger partial charge in [-0.25, -0.2) is 4.79 Å². The Bertz CT molecular complexity index is 715. The van der Waals surface area contributed by atoms with Crippen LogP contribution in [0.15, 0.2) is 12.1 Å². The Balaban J connectivity index is 1.88. The summed E-state index contributed by atoms with van der Waals surface area (Å²) in [6.07, 6.45) is 1.40. The van der Waals surface area contributed by atoms with E-state index in [2.05, 4.69) is 10.6 Å². The number of hydrogen-bond acceptors (Lipinski definition) is 5. The molecule has 2 rings (SSSR count). The van der Waals surface area contributed by atoms with Crippen molar-refractivity contribution in [2.45, 2.75) is 45.7 Å². The highest BCUT2D eigenvalue weighted by Crippen LogP contribution is 2.27. The fourth-order valence-corrected chi connectivity index (χ4v) is 3.15. The van der Waals surface area contributed by atoms with E-state index in [1.54, 1.807) is 19.9 Å². The summed E-state index contributed by atoms with van der Waals surface area (Å²) in [4.78, 5) is 35.4. The molecular formula is C17H24N4O5. The van der Waals surface area contributed by atoms with Crippen LogP contribution in [0.5, 0.6) is 0 Å². The van der Waals surface area contributed by atoms with E-state index < -0.39 is 10.9 Å². The lowest BCUT2D eigenvalue weighted by Crippen LogP contribution is -2.55. The molecule has 2 amide bonds. The molecule has 0 heterocycles. The summed E-state index contributed by atoms with van der Waals surface area (Å²) in [6, 6.07) is 2.80. The van der Waals surface area contributed by atoms with Crippen LogP contribution in [0.3, 0.4) is 0 Å². The SMILES string of the molecule is CCN(CC(=O)O)C1CC(NC(=O)Nc2cc(C)c([N+](=O)[O-])cc2C)C1. The average Bonchev–Trinajstić information content (AvgIpc) is 2.51. The number of nitrogens with zero attached hydrogens (tertiary/aromatic N) is 2. The van der Waals surface area contributed by atoms with Crippen LogP contribution in [0.25, 0.3) is 0 Å². The number of amides is 2. The largest absolute Gasteiger partial charge is 0.480 e. The van der Waals surface area contributed by atoms with E-state index in [0.29, 0.717) is 36.2 Å². The molecule has 1 fully saturated rings. The van der Waals surface area contributed by atoms with Crippen molar-refractivity contribution < 1.29 is 19.6 Å². The van der Waals surface area contributed by atoms with Crippen LogP contribution in [-0.2, 0) is 4.79 Å². The molecule has 1 aliphatic carbocycles. The van der Waals surface area contributed by atoms with Gasteiger partial charge in [-0.1, -0.05) is 6.92 Å². The molecular weight excluding hydrogens is 340 g/mol. The van der Waals surface area contributed by atoms with E-state index >= 15 is 0 Å². The molecule has 26 heavy (non-hydrogen) atoms. The first-order valence-corrected chi connectivity index (χ1v) is 8.50. The summed E-state index contributed by atoms with van der Waals surface area (Å²) in [6.45, 7) is 5.89. The molecule has 0 aromatic heterocycles. The molecule has 0 spiro atoms. The second kappa shape index (κ2) is 8.13. The van der Waals surface area contributed by atoms with Gasteiger partial charge in [0.15, 0.2) is 0 Å². The smallest absolute Gasteiger partial charge is 0.319 e. The molecule has 0 unspecified atom stereocenters. The summed E-state index contributed by atoms with van der Waals surface area (Å²) in [5.41, 5.74) is 1.64. The molecule has 1 aromatic rings. The lowest BCUT2D eigenvalue weighted by Gasteiger charge is -2.42. The summed E-state index contributed by atoms with van der Waals surface area (Å²) in [7, 11) is 0. The predicted octanol–water partition coefficient (Wildman–Crippen LogP) is 2.27. The maximum absolute atomic E-state index is 12.2. The van der Waals surface area contributed by atoms with Crippen molar-refractivity contribution in [3.8, 4) is 0 Å². The topological polar surface area (TPSA) is 125 Å². The number of benzene rings is 1. The van der Waals surface area contributed by atoms with Gasteiger partial charge < -0.3 is 15.7 Å². The third-order valence-corrected chi connectivity index (χ3v) is 4.70. The van der Waals surface area contributed by atoms with Crippen molar-refractivity contribution in [2.24, 2.45) is 0 Å². The first-order chi connectivity index (χ1) is 12.2. The van der Waals surface area contributed by atoms with Crippen LogP contribution >= 0.6 is 0 Å². The van der Waals surface area contributed by atoms with Crippen LogP contribution < -0.4 is 10.6 Å². The zero-order chi connectivity index (χ0) is 19.4. The second-order valence-corrected chi connectivity index (χ2v) is 6.59. The van der Waals surface area contributed by atoms with Gasteiger partial charge in [-0.2, -0.15) is 0 Å². The van der Waals surface area contributed by atoms with Crippen molar-refractivity contribution >= 4 is 23.4 Å². The van der Waals surface area contributed by atoms with Crippen molar-refractivity contribution in [3.63, 3.8) is 0 Å². The summed E-state index contributed by atoms with van der Waals surface area (Å²) in [5, 5.41) is 25.4. The van der Waals surface area contributed by atoms with E-state index in [1.165, 1.54) is 6.07 Å². The number of aliphatic carboxylic acids is 1. The maximum atomic E-state index is 12.2. The lowest BCUT2D eigenvalue weighted by atomic mass is 9.85. The van der Waals surface area contributed by atoms with E-state index in [4.69, 9.17) is 5.11 Å². The number of carbonyl (C=O) groups excluding carboxylic acids is 1. The van der Waals surface area contributed by atoms with Crippen molar-refractivity contribution in [3.05, 3.63) is 33.4 Å². The number of anilines is 1. The molecule has 142 valence electrons. The predicted molar refractivity (Wildman–Crippen MR) is 96.4 cm³/mol. The molecule has 0 atom stereocenters. The number of nitrogens with one attached hydrogen (secondary N) is 2. The van der Waals surface area contributed by atoms with Gasteiger partial charge in [0, 0.05) is 29.4 Å². The van der Waals surface area contributed by atoms with E-state index in [0.717, 1.165) is 0 Å². The molecule has 3 N–H and O–H groups in total. The van der Waals surface area contributed by atoms with Gasteiger partial charge in [0.05, 0.1) is 11.5 Å². The number of hydrogen-bond donors (Lipinski definition) is 3. The molecule has 1 aromatic carbocycles. The van der Waals surface area contributed by atoms with Gasteiger partial charge in [0.2, 0.25) is 0 Å². The molecule has 1 aliphatic rings. The number of likely N-dealkylation sites (N-methyl/N-ethyl adjacent to an activating group) is 1. The highest BCUT2D eigenvalue weighted by molar-refractivity contribution is 5.90. The highest BCUT2D eigenvalue weighted by atomic mass is 16.6. The standard InChI is InChI=1S/C17H24N4O5/c1-4-20(9-16(22)23)13-7-12(8-13)18-17(24)19-14-5-11(3)15(21(25)26)6-10(14)2/h5-6,12-13H,4,7-9H2,1-3H3,(H,22,23)(H2,18,19,24). The Morgan fingerprint density at radius 3 is 2.50 bits per heavy atom. The monoisotopic (exact) mass is 364 g/mol. The maximum Gasteiger partial charge on any atom is 0.319 e. The van der Waals surface area contributed by atoms with E-state index in [-0.39, 0.29) is 30.3 Å². The van der Waals surface area contributed by atoms with Crippen LogP contribution in [0.2, 0.25) is 0 Å². The zero-order valence-corrected chi connectivity index (χ0v) is 15.1. The molecule has 9 nitrogen and oxygen atoms in total. The van der Waals surface area contributed by atoms with Crippen molar-refractivity contribution in [2.75, 3.05) is 18.4 Å². The average molecular weight is 364 g/mol. The van der Waals surface area contributed by atoms with Gasteiger partial charge in [0.25, 0.3) is 5.69 Å². The van der Waals surface area contributed by atoms with Gasteiger partial charge >= 0.3 is 12.0 Å². The minimum Gasteiger partial charge on any atom is -0.480 e. The molecule has 0 saturated heterocycles. The number of carboxylic acid groups (broad SMARTS) is 1. The first-order valence-electron chi connectivity index (χ1n) is 8.50. The highest BCUT2D eigenvalue weighted by Gasteiger charge is 2.34. The first kappa shape index (κ1) is 19.6. The van der Waals surface area contributed by atoms with Crippen molar-refractivity contribution in [1.82, 2.24) is 10.2 Å². The van der Waals surface area contributed by atoms with Gasteiger partial charge in [0.1, 0.15) is 0 Å². The number of aryl methyl sites for hydroxylation is 2. The summed E-state index contributed by atoms with van der Waals surface area (Å²) in [5.74, 6) is -0.856.